The molecular weight excluding hydrogens is 382 g/mol. The van der Waals surface area contributed by atoms with Crippen molar-refractivity contribution in [2.75, 3.05) is 18.5 Å². The highest BCUT2D eigenvalue weighted by Crippen LogP contribution is 2.28. The fraction of sp³-hybridized carbons (Fsp3) is 0.125. The molecule has 0 spiro atoms. The van der Waals surface area contributed by atoms with Gasteiger partial charge >= 0.3 is 5.97 Å². The van der Waals surface area contributed by atoms with Crippen LogP contribution in [-0.2, 0) is 20.7 Å². The number of ether oxygens (including phenoxy) is 2. The maximum absolute atomic E-state index is 12.3. The summed E-state index contributed by atoms with van der Waals surface area (Å²) in [5, 5.41) is 2.65. The molecule has 0 aromatic heterocycles. The van der Waals surface area contributed by atoms with Crippen LogP contribution in [0.4, 0.5) is 5.69 Å². The van der Waals surface area contributed by atoms with Crippen LogP contribution in [0.1, 0.15) is 15.9 Å². The van der Waals surface area contributed by atoms with Crippen molar-refractivity contribution in [1.82, 2.24) is 0 Å². The lowest BCUT2D eigenvalue weighted by Gasteiger charge is -2.18. The molecule has 3 aromatic carbocycles. The number of carbonyl (C=O) groups is 3. The zero-order valence-corrected chi connectivity index (χ0v) is 16.1. The summed E-state index contributed by atoms with van der Waals surface area (Å²) in [6, 6.07) is 22.3. The largest absolute Gasteiger partial charge is 0.482 e. The first-order valence-corrected chi connectivity index (χ1v) is 9.48. The summed E-state index contributed by atoms with van der Waals surface area (Å²) < 4.78 is 10.4. The second kappa shape index (κ2) is 8.61. The van der Waals surface area contributed by atoms with E-state index in [4.69, 9.17) is 9.47 Å². The van der Waals surface area contributed by atoms with Crippen molar-refractivity contribution in [3.05, 3.63) is 83.9 Å². The minimum atomic E-state index is -0.481. The van der Waals surface area contributed by atoms with Crippen LogP contribution in [0.2, 0.25) is 0 Å². The number of hydrogen-bond donors (Lipinski definition) is 1. The highest BCUT2D eigenvalue weighted by atomic mass is 16.5. The van der Waals surface area contributed by atoms with E-state index in [1.54, 1.807) is 12.1 Å². The fourth-order valence-corrected chi connectivity index (χ4v) is 3.15. The third kappa shape index (κ3) is 4.55. The van der Waals surface area contributed by atoms with Gasteiger partial charge in [-0.15, -0.1) is 0 Å². The van der Waals surface area contributed by atoms with Gasteiger partial charge in [0.05, 0.1) is 12.1 Å². The van der Waals surface area contributed by atoms with Crippen LogP contribution in [0, 0.1) is 0 Å². The van der Waals surface area contributed by atoms with Crippen LogP contribution < -0.4 is 10.1 Å². The van der Waals surface area contributed by atoms with Crippen molar-refractivity contribution in [2.45, 2.75) is 6.42 Å². The first-order chi connectivity index (χ1) is 14.6. The summed E-state index contributed by atoms with van der Waals surface area (Å²) in [6.45, 7) is -0.418. The van der Waals surface area contributed by atoms with E-state index in [0.29, 0.717) is 17.0 Å². The molecule has 0 atom stereocenters. The van der Waals surface area contributed by atoms with Crippen molar-refractivity contribution in [3.63, 3.8) is 0 Å². The summed E-state index contributed by atoms with van der Waals surface area (Å²) >= 11 is 0. The van der Waals surface area contributed by atoms with Crippen molar-refractivity contribution in [2.24, 2.45) is 0 Å². The molecule has 4 rings (SSSR count). The Morgan fingerprint density at radius 2 is 1.67 bits per heavy atom. The fourth-order valence-electron chi connectivity index (χ4n) is 3.15. The molecule has 30 heavy (non-hydrogen) atoms. The molecule has 0 bridgehead atoms. The Morgan fingerprint density at radius 3 is 2.43 bits per heavy atom. The second-order valence-corrected chi connectivity index (χ2v) is 6.87. The molecule has 150 valence electrons. The van der Waals surface area contributed by atoms with E-state index in [1.165, 1.54) is 6.07 Å². The normalized spacial score (nSPS) is 12.3. The van der Waals surface area contributed by atoms with Gasteiger partial charge < -0.3 is 14.8 Å². The number of carbonyl (C=O) groups excluding carboxylic acids is 3. The van der Waals surface area contributed by atoms with E-state index in [2.05, 4.69) is 5.32 Å². The molecule has 1 aliphatic heterocycles. The number of hydrogen-bond acceptors (Lipinski definition) is 5. The number of anilines is 1. The SMILES string of the molecule is O=C1COc2ccc(C(=O)COC(=O)Cc3ccc(-c4ccccc4)cc3)cc2N1. The van der Waals surface area contributed by atoms with Crippen LogP contribution in [0.3, 0.4) is 0 Å². The lowest BCUT2D eigenvalue weighted by Crippen LogP contribution is -2.25. The Morgan fingerprint density at radius 1 is 0.933 bits per heavy atom. The van der Waals surface area contributed by atoms with Gasteiger partial charge in [-0.3, -0.25) is 14.4 Å². The molecule has 0 saturated heterocycles. The van der Waals surface area contributed by atoms with Gasteiger partial charge in [-0.05, 0) is 34.9 Å². The third-order valence-corrected chi connectivity index (χ3v) is 4.71. The van der Waals surface area contributed by atoms with E-state index in [0.717, 1.165) is 16.7 Å². The molecule has 1 heterocycles. The van der Waals surface area contributed by atoms with Gasteiger partial charge in [0.1, 0.15) is 5.75 Å². The van der Waals surface area contributed by atoms with Crippen molar-refractivity contribution < 1.29 is 23.9 Å². The van der Waals surface area contributed by atoms with Crippen molar-refractivity contribution in [1.29, 1.82) is 0 Å². The van der Waals surface area contributed by atoms with Crippen LogP contribution in [0.15, 0.2) is 72.8 Å². The summed E-state index contributed by atoms with van der Waals surface area (Å²) in [5.74, 6) is -0.616. The van der Waals surface area contributed by atoms with Crippen molar-refractivity contribution >= 4 is 23.3 Å². The van der Waals surface area contributed by atoms with Gasteiger partial charge in [0.15, 0.2) is 19.0 Å². The van der Waals surface area contributed by atoms with E-state index in [9.17, 15) is 14.4 Å². The zero-order chi connectivity index (χ0) is 20.9. The van der Waals surface area contributed by atoms with Gasteiger partial charge in [-0.25, -0.2) is 0 Å². The minimum absolute atomic E-state index is 0.0514. The lowest BCUT2D eigenvalue weighted by atomic mass is 10.0. The number of ketones is 1. The van der Waals surface area contributed by atoms with E-state index in [1.807, 2.05) is 54.6 Å². The number of amides is 1. The Bertz CT molecular complexity index is 1090. The standard InChI is InChI=1S/C24H19NO5/c26-21(19-10-11-22-20(13-19)25-23(27)15-29-22)14-30-24(28)12-16-6-8-18(9-7-16)17-4-2-1-3-5-17/h1-11,13H,12,14-15H2,(H,25,27). The summed E-state index contributed by atoms with van der Waals surface area (Å²) in [7, 11) is 0. The van der Waals surface area contributed by atoms with Gasteiger partial charge in [0.25, 0.3) is 5.91 Å². The van der Waals surface area contributed by atoms with E-state index < -0.39 is 5.97 Å². The molecule has 0 aliphatic carbocycles. The Balaban J connectivity index is 1.32. The number of rotatable bonds is 6. The predicted molar refractivity (Wildman–Crippen MR) is 111 cm³/mol. The Kier molecular flexibility index (Phi) is 5.57. The molecule has 1 N–H and O–H groups in total. The molecule has 1 amide bonds. The first kappa shape index (κ1) is 19.4. The predicted octanol–water partition coefficient (Wildman–Crippen LogP) is 3.65. The number of fused-ring (bicyclic) bond motifs is 1. The van der Waals surface area contributed by atoms with Crippen LogP contribution in [0.25, 0.3) is 11.1 Å². The van der Waals surface area contributed by atoms with Gasteiger partial charge in [0.2, 0.25) is 0 Å². The topological polar surface area (TPSA) is 81.7 Å². The lowest BCUT2D eigenvalue weighted by molar-refractivity contribution is -0.141. The Labute approximate surface area is 173 Å². The summed E-state index contributed by atoms with van der Waals surface area (Å²) in [6.07, 6.45) is 0.0798. The molecule has 6 heteroatoms. The number of Topliss-reactive ketones (excluding diaryl/α,β-unsaturated/α-hetero) is 1. The molecule has 0 radical (unpaired) electrons. The quantitative estimate of drug-likeness (QED) is 0.504. The third-order valence-electron chi connectivity index (χ3n) is 4.71. The molecule has 3 aromatic rings. The smallest absolute Gasteiger partial charge is 0.310 e. The highest BCUT2D eigenvalue weighted by molar-refractivity contribution is 6.01. The average Bonchev–Trinajstić information content (AvgIpc) is 2.78. The van der Waals surface area contributed by atoms with Gasteiger partial charge in [0, 0.05) is 5.56 Å². The maximum Gasteiger partial charge on any atom is 0.310 e. The van der Waals surface area contributed by atoms with Crippen LogP contribution >= 0.6 is 0 Å². The zero-order valence-electron chi connectivity index (χ0n) is 16.1. The number of benzene rings is 3. The molecule has 6 nitrogen and oxygen atoms in total. The van der Waals surface area contributed by atoms with Crippen LogP contribution in [-0.4, -0.2) is 30.9 Å². The van der Waals surface area contributed by atoms with Crippen LogP contribution in [0.5, 0.6) is 5.75 Å². The maximum atomic E-state index is 12.3. The highest BCUT2D eigenvalue weighted by Gasteiger charge is 2.18. The van der Waals surface area contributed by atoms with Gasteiger partial charge in [-0.2, -0.15) is 0 Å². The molecule has 0 saturated carbocycles. The molecule has 1 aliphatic rings. The second-order valence-electron chi connectivity index (χ2n) is 6.87. The Hall–Kier alpha value is -3.93. The average molecular weight is 401 g/mol. The molecule has 0 unspecified atom stereocenters. The van der Waals surface area contributed by atoms with Crippen molar-refractivity contribution in [3.8, 4) is 16.9 Å². The first-order valence-electron chi connectivity index (χ1n) is 9.48. The number of nitrogens with one attached hydrogen (secondary N) is 1. The van der Waals surface area contributed by atoms with E-state index in [-0.39, 0.29) is 31.3 Å². The number of esters is 1. The van der Waals surface area contributed by atoms with Gasteiger partial charge in [-0.1, -0.05) is 54.6 Å². The molecule has 0 fully saturated rings. The van der Waals surface area contributed by atoms with E-state index >= 15 is 0 Å². The minimum Gasteiger partial charge on any atom is -0.482 e. The summed E-state index contributed by atoms with van der Waals surface area (Å²) in [5.41, 5.74) is 3.73. The summed E-state index contributed by atoms with van der Waals surface area (Å²) in [4.78, 5) is 35.9. The molecular formula is C24H19NO5. The monoisotopic (exact) mass is 401 g/mol.